The smallest absolute Gasteiger partial charge is 0.124 e. The van der Waals surface area contributed by atoms with Gasteiger partial charge < -0.3 is 10.6 Å². The largest absolute Gasteiger partial charge is 0.383 e. The number of hydrogen-bond donors (Lipinski definition) is 2. The molecule has 0 saturated heterocycles. The average Bonchev–Trinajstić information content (AvgIpc) is 2.26. The van der Waals surface area contributed by atoms with Gasteiger partial charge in [-0.15, -0.1) is 0 Å². The van der Waals surface area contributed by atoms with Crippen LogP contribution in [0.1, 0.15) is 12.5 Å². The first-order chi connectivity index (χ1) is 7.27. The van der Waals surface area contributed by atoms with E-state index in [2.05, 4.69) is 10.6 Å². The molecule has 4 heteroatoms. The molecule has 0 saturated carbocycles. The van der Waals surface area contributed by atoms with Crippen LogP contribution in [0.15, 0.2) is 18.2 Å². The highest BCUT2D eigenvalue weighted by Crippen LogP contribution is 2.15. The standard InChI is InChI=1S/C11H14FN3/c1-2-14-5-6-15-11-4-3-10(12)7-9(11)8-13/h3-4,7,14-15H,2,5-6H2,1H3. The lowest BCUT2D eigenvalue weighted by atomic mass is 10.2. The lowest BCUT2D eigenvalue weighted by molar-refractivity contribution is 0.627. The van der Waals surface area contributed by atoms with Gasteiger partial charge in [0.1, 0.15) is 11.9 Å². The van der Waals surface area contributed by atoms with Crippen molar-refractivity contribution in [3.8, 4) is 6.07 Å². The van der Waals surface area contributed by atoms with Crippen molar-refractivity contribution in [1.29, 1.82) is 5.26 Å². The minimum absolute atomic E-state index is 0.339. The molecule has 1 aromatic carbocycles. The summed E-state index contributed by atoms with van der Waals surface area (Å²) in [5, 5.41) is 15.0. The van der Waals surface area contributed by atoms with E-state index < -0.39 is 0 Å². The van der Waals surface area contributed by atoms with Crippen LogP contribution in [-0.2, 0) is 0 Å². The van der Waals surface area contributed by atoms with Crippen LogP contribution in [-0.4, -0.2) is 19.6 Å². The highest BCUT2D eigenvalue weighted by molar-refractivity contribution is 5.57. The van der Waals surface area contributed by atoms with Gasteiger partial charge in [0, 0.05) is 13.1 Å². The SMILES string of the molecule is CCNCCNc1ccc(F)cc1C#N. The Morgan fingerprint density at radius 3 is 2.87 bits per heavy atom. The Balaban J connectivity index is 2.57. The van der Waals surface area contributed by atoms with E-state index in [-0.39, 0.29) is 5.82 Å². The summed E-state index contributed by atoms with van der Waals surface area (Å²) < 4.78 is 12.8. The fourth-order valence-corrected chi connectivity index (χ4v) is 1.23. The first-order valence-electron chi connectivity index (χ1n) is 4.92. The van der Waals surface area contributed by atoms with Gasteiger partial charge in [-0.05, 0) is 24.7 Å². The Kier molecular flexibility index (Phi) is 4.58. The van der Waals surface area contributed by atoms with Crippen molar-refractivity contribution in [2.75, 3.05) is 25.0 Å². The number of benzene rings is 1. The summed E-state index contributed by atoms with van der Waals surface area (Å²) in [6, 6.07) is 6.11. The molecule has 0 atom stereocenters. The minimum atomic E-state index is -0.385. The van der Waals surface area contributed by atoms with Crippen LogP contribution in [0.2, 0.25) is 0 Å². The molecule has 15 heavy (non-hydrogen) atoms. The molecule has 1 aromatic rings. The van der Waals surface area contributed by atoms with Gasteiger partial charge in [-0.25, -0.2) is 4.39 Å². The van der Waals surface area contributed by atoms with Crippen LogP contribution >= 0.6 is 0 Å². The molecule has 0 heterocycles. The highest BCUT2D eigenvalue weighted by Gasteiger charge is 2.02. The summed E-state index contributed by atoms with van der Waals surface area (Å²) >= 11 is 0. The van der Waals surface area contributed by atoms with E-state index in [9.17, 15) is 4.39 Å². The van der Waals surface area contributed by atoms with Gasteiger partial charge in [0.15, 0.2) is 0 Å². The zero-order valence-corrected chi connectivity index (χ0v) is 8.68. The topological polar surface area (TPSA) is 47.8 Å². The molecule has 1 rings (SSSR count). The zero-order valence-electron chi connectivity index (χ0n) is 8.68. The van der Waals surface area contributed by atoms with Crippen molar-refractivity contribution in [1.82, 2.24) is 5.32 Å². The van der Waals surface area contributed by atoms with Crippen molar-refractivity contribution >= 4 is 5.69 Å². The third kappa shape index (κ3) is 3.56. The van der Waals surface area contributed by atoms with E-state index in [1.54, 1.807) is 6.07 Å². The Morgan fingerprint density at radius 2 is 2.20 bits per heavy atom. The number of rotatable bonds is 5. The molecule has 0 amide bonds. The average molecular weight is 207 g/mol. The summed E-state index contributed by atoms with van der Waals surface area (Å²) in [4.78, 5) is 0. The van der Waals surface area contributed by atoms with Gasteiger partial charge >= 0.3 is 0 Å². The molecule has 0 bridgehead atoms. The maximum absolute atomic E-state index is 12.8. The van der Waals surface area contributed by atoms with Crippen LogP contribution in [0, 0.1) is 17.1 Å². The van der Waals surface area contributed by atoms with Crippen molar-refractivity contribution < 1.29 is 4.39 Å². The molecule has 3 nitrogen and oxygen atoms in total. The minimum Gasteiger partial charge on any atom is -0.383 e. The van der Waals surface area contributed by atoms with Gasteiger partial charge in [-0.2, -0.15) is 5.26 Å². The van der Waals surface area contributed by atoms with E-state index in [4.69, 9.17) is 5.26 Å². The monoisotopic (exact) mass is 207 g/mol. The Morgan fingerprint density at radius 1 is 1.40 bits per heavy atom. The second-order valence-electron chi connectivity index (χ2n) is 3.08. The number of likely N-dealkylation sites (N-methyl/N-ethyl adjacent to an activating group) is 1. The maximum atomic E-state index is 12.8. The number of hydrogen-bond acceptors (Lipinski definition) is 3. The molecular formula is C11H14FN3. The molecule has 0 radical (unpaired) electrons. The van der Waals surface area contributed by atoms with Crippen LogP contribution in [0.3, 0.4) is 0 Å². The molecule has 0 fully saturated rings. The molecular weight excluding hydrogens is 193 g/mol. The van der Waals surface area contributed by atoms with Crippen molar-refractivity contribution in [3.05, 3.63) is 29.6 Å². The van der Waals surface area contributed by atoms with Gasteiger partial charge in [0.25, 0.3) is 0 Å². The lowest BCUT2D eigenvalue weighted by Gasteiger charge is -2.08. The fourth-order valence-electron chi connectivity index (χ4n) is 1.23. The van der Waals surface area contributed by atoms with Crippen molar-refractivity contribution in [2.45, 2.75) is 6.92 Å². The van der Waals surface area contributed by atoms with Gasteiger partial charge in [-0.1, -0.05) is 6.92 Å². The third-order valence-electron chi connectivity index (χ3n) is 1.97. The highest BCUT2D eigenvalue weighted by atomic mass is 19.1. The normalized spacial score (nSPS) is 9.67. The molecule has 0 aliphatic carbocycles. The summed E-state index contributed by atoms with van der Waals surface area (Å²) in [5.41, 5.74) is 1.02. The molecule has 80 valence electrons. The zero-order chi connectivity index (χ0) is 11.1. The Hall–Kier alpha value is -1.60. The Bertz CT molecular complexity index is 357. The molecule has 0 aliphatic rings. The summed E-state index contributed by atoms with van der Waals surface area (Å²) in [5.74, 6) is -0.385. The first-order valence-corrected chi connectivity index (χ1v) is 4.92. The van der Waals surface area contributed by atoms with Crippen LogP contribution in [0.4, 0.5) is 10.1 Å². The number of nitrogens with one attached hydrogen (secondary N) is 2. The second kappa shape index (κ2) is 5.99. The maximum Gasteiger partial charge on any atom is 0.124 e. The molecule has 0 spiro atoms. The van der Waals surface area contributed by atoms with Crippen molar-refractivity contribution in [3.63, 3.8) is 0 Å². The number of nitrogens with zero attached hydrogens (tertiary/aromatic N) is 1. The van der Waals surface area contributed by atoms with E-state index >= 15 is 0 Å². The second-order valence-corrected chi connectivity index (χ2v) is 3.08. The van der Waals surface area contributed by atoms with Gasteiger partial charge in [0.2, 0.25) is 0 Å². The lowest BCUT2D eigenvalue weighted by Crippen LogP contribution is -2.21. The van der Waals surface area contributed by atoms with E-state index in [1.807, 2.05) is 13.0 Å². The van der Waals surface area contributed by atoms with Gasteiger partial charge in [-0.3, -0.25) is 0 Å². The fraction of sp³-hybridized carbons (Fsp3) is 0.364. The predicted molar refractivity (Wildman–Crippen MR) is 58.1 cm³/mol. The van der Waals surface area contributed by atoms with E-state index in [0.717, 1.165) is 13.1 Å². The third-order valence-corrected chi connectivity index (χ3v) is 1.97. The van der Waals surface area contributed by atoms with Crippen LogP contribution in [0.5, 0.6) is 0 Å². The van der Waals surface area contributed by atoms with E-state index in [1.165, 1.54) is 12.1 Å². The number of nitriles is 1. The van der Waals surface area contributed by atoms with Crippen molar-refractivity contribution in [2.24, 2.45) is 0 Å². The molecule has 0 unspecified atom stereocenters. The van der Waals surface area contributed by atoms with Crippen LogP contribution in [0.25, 0.3) is 0 Å². The van der Waals surface area contributed by atoms with Gasteiger partial charge in [0.05, 0.1) is 11.3 Å². The Labute approximate surface area is 88.9 Å². The van der Waals surface area contributed by atoms with E-state index in [0.29, 0.717) is 17.8 Å². The molecule has 0 aliphatic heterocycles. The molecule has 0 aromatic heterocycles. The summed E-state index contributed by atoms with van der Waals surface area (Å²) in [6.07, 6.45) is 0. The number of halogens is 1. The number of anilines is 1. The molecule has 2 N–H and O–H groups in total. The summed E-state index contributed by atoms with van der Waals surface area (Å²) in [6.45, 7) is 4.47. The summed E-state index contributed by atoms with van der Waals surface area (Å²) in [7, 11) is 0. The predicted octanol–water partition coefficient (Wildman–Crippen LogP) is 1.72. The van der Waals surface area contributed by atoms with Crippen LogP contribution < -0.4 is 10.6 Å². The first kappa shape index (κ1) is 11.5. The quantitative estimate of drug-likeness (QED) is 0.723.